The summed E-state index contributed by atoms with van der Waals surface area (Å²) in [4.78, 5) is 24.7. The number of carbonyl (C=O) groups is 2. The minimum Gasteiger partial charge on any atom is -0.497 e. The summed E-state index contributed by atoms with van der Waals surface area (Å²) in [5.74, 6) is -1.15. The molecule has 1 saturated heterocycles. The molecule has 1 aliphatic heterocycles. The predicted octanol–water partition coefficient (Wildman–Crippen LogP) is 2.26. The lowest BCUT2D eigenvalue weighted by molar-refractivity contribution is -0.119. The highest BCUT2D eigenvalue weighted by Gasteiger charge is 2.42. The van der Waals surface area contributed by atoms with Gasteiger partial charge < -0.3 is 10.1 Å². The van der Waals surface area contributed by atoms with Gasteiger partial charge in [-0.3, -0.25) is 9.59 Å². The van der Waals surface area contributed by atoms with Crippen molar-refractivity contribution in [2.75, 3.05) is 22.5 Å². The minimum absolute atomic E-state index is 0.164. The third kappa shape index (κ3) is 3.41. The lowest BCUT2D eigenvalue weighted by Crippen LogP contribution is -2.30. The molecular formula is C18H18N2O5S. The van der Waals surface area contributed by atoms with Crippen molar-refractivity contribution in [2.24, 2.45) is 5.92 Å². The molecule has 1 atom stereocenters. The van der Waals surface area contributed by atoms with E-state index < -0.39 is 27.8 Å². The molecule has 1 N–H and O–H groups in total. The molecular weight excluding hydrogens is 356 g/mol. The molecule has 7 nitrogen and oxygen atoms in total. The highest BCUT2D eigenvalue weighted by atomic mass is 32.2. The van der Waals surface area contributed by atoms with Gasteiger partial charge in [0, 0.05) is 17.3 Å². The van der Waals surface area contributed by atoms with E-state index in [1.165, 1.54) is 19.2 Å². The van der Waals surface area contributed by atoms with Crippen molar-refractivity contribution in [3.63, 3.8) is 0 Å². The molecule has 26 heavy (non-hydrogen) atoms. The first-order valence-corrected chi connectivity index (χ1v) is 9.55. The fraction of sp³-hybridized carbons (Fsp3) is 0.222. The van der Waals surface area contributed by atoms with Crippen LogP contribution in [0.5, 0.6) is 5.75 Å². The van der Waals surface area contributed by atoms with Gasteiger partial charge in [-0.2, -0.15) is 0 Å². The molecule has 8 heteroatoms. The highest BCUT2D eigenvalue weighted by Crippen LogP contribution is 2.29. The zero-order chi connectivity index (χ0) is 18.9. The molecule has 1 heterocycles. The summed E-state index contributed by atoms with van der Waals surface area (Å²) in [6.45, 7) is 1.57. The summed E-state index contributed by atoms with van der Waals surface area (Å²) in [6.07, 6.45) is 0. The van der Waals surface area contributed by atoms with Crippen LogP contribution in [-0.2, 0) is 14.8 Å². The quantitative estimate of drug-likeness (QED) is 0.886. The number of amides is 2. The van der Waals surface area contributed by atoms with E-state index in [9.17, 15) is 18.0 Å². The minimum atomic E-state index is -3.71. The Morgan fingerprint density at radius 2 is 1.92 bits per heavy atom. The summed E-state index contributed by atoms with van der Waals surface area (Å²) in [6, 6.07) is 12.8. The third-order valence-electron chi connectivity index (χ3n) is 4.03. The maximum Gasteiger partial charge on any atom is 0.255 e. The zero-order valence-corrected chi connectivity index (χ0v) is 15.1. The lowest BCUT2D eigenvalue weighted by Gasteiger charge is -2.16. The summed E-state index contributed by atoms with van der Waals surface area (Å²) in [7, 11) is -2.19. The molecule has 1 aliphatic rings. The Labute approximate surface area is 151 Å². The van der Waals surface area contributed by atoms with E-state index in [-0.39, 0.29) is 17.0 Å². The number of nitrogens with one attached hydrogen (secondary N) is 1. The van der Waals surface area contributed by atoms with Crippen molar-refractivity contribution >= 4 is 33.2 Å². The molecule has 2 amide bonds. The molecule has 2 aromatic rings. The van der Waals surface area contributed by atoms with Gasteiger partial charge in [0.15, 0.2) is 0 Å². The van der Waals surface area contributed by atoms with Crippen LogP contribution in [0.15, 0.2) is 48.5 Å². The molecule has 0 saturated carbocycles. The molecule has 136 valence electrons. The highest BCUT2D eigenvalue weighted by molar-refractivity contribution is 7.94. The number of nitrogens with zero attached hydrogens (tertiary/aromatic N) is 1. The smallest absolute Gasteiger partial charge is 0.255 e. The van der Waals surface area contributed by atoms with Crippen LogP contribution in [0.4, 0.5) is 11.4 Å². The van der Waals surface area contributed by atoms with Crippen LogP contribution in [0.1, 0.15) is 17.3 Å². The lowest BCUT2D eigenvalue weighted by atomic mass is 10.1. The van der Waals surface area contributed by atoms with Gasteiger partial charge in [0.05, 0.1) is 24.5 Å². The number of ether oxygens (including phenoxy) is 1. The van der Waals surface area contributed by atoms with Gasteiger partial charge in [0.25, 0.3) is 5.91 Å². The van der Waals surface area contributed by atoms with E-state index in [1.54, 1.807) is 43.3 Å². The summed E-state index contributed by atoms with van der Waals surface area (Å²) >= 11 is 0. The molecule has 0 radical (unpaired) electrons. The van der Waals surface area contributed by atoms with E-state index in [4.69, 9.17) is 4.74 Å². The Balaban J connectivity index is 1.87. The Kier molecular flexibility index (Phi) is 4.69. The summed E-state index contributed by atoms with van der Waals surface area (Å²) in [5, 5.41) is 2.72. The fourth-order valence-electron chi connectivity index (χ4n) is 2.76. The number of benzene rings is 2. The predicted molar refractivity (Wildman–Crippen MR) is 97.8 cm³/mol. The normalized spacial score (nSPS) is 18.6. The number of sulfonamides is 1. The second-order valence-electron chi connectivity index (χ2n) is 6.02. The molecule has 2 aromatic carbocycles. The average Bonchev–Trinajstić information content (AvgIpc) is 2.82. The van der Waals surface area contributed by atoms with E-state index >= 15 is 0 Å². The SMILES string of the molecule is COc1cccc(NC(=O)c2cccc(N3C(=O)[C@@H](C)CS3(=O)=O)c2)c1. The molecule has 0 aromatic heterocycles. The van der Waals surface area contributed by atoms with Crippen molar-refractivity contribution in [2.45, 2.75) is 6.92 Å². The van der Waals surface area contributed by atoms with E-state index in [1.807, 2.05) is 0 Å². The van der Waals surface area contributed by atoms with Crippen LogP contribution in [-0.4, -0.2) is 33.1 Å². The number of hydrogen-bond donors (Lipinski definition) is 1. The van der Waals surface area contributed by atoms with Crippen LogP contribution in [0.25, 0.3) is 0 Å². The molecule has 0 spiro atoms. The van der Waals surface area contributed by atoms with E-state index in [0.717, 1.165) is 4.31 Å². The second kappa shape index (κ2) is 6.80. The second-order valence-corrected chi connectivity index (χ2v) is 7.88. The van der Waals surface area contributed by atoms with E-state index in [2.05, 4.69) is 5.32 Å². The van der Waals surface area contributed by atoms with Gasteiger partial charge in [0.2, 0.25) is 15.9 Å². The van der Waals surface area contributed by atoms with Gasteiger partial charge in [-0.1, -0.05) is 19.1 Å². The van der Waals surface area contributed by atoms with Crippen LogP contribution in [0.2, 0.25) is 0 Å². The molecule has 0 unspecified atom stereocenters. The van der Waals surface area contributed by atoms with Gasteiger partial charge >= 0.3 is 0 Å². The van der Waals surface area contributed by atoms with Crippen LogP contribution >= 0.6 is 0 Å². The van der Waals surface area contributed by atoms with Crippen molar-refractivity contribution in [1.29, 1.82) is 0 Å². The van der Waals surface area contributed by atoms with Crippen LogP contribution in [0.3, 0.4) is 0 Å². The Hall–Kier alpha value is -2.87. The topological polar surface area (TPSA) is 92.8 Å². The number of methoxy groups -OCH3 is 1. The molecule has 0 aliphatic carbocycles. The number of hydrogen-bond acceptors (Lipinski definition) is 5. The van der Waals surface area contributed by atoms with E-state index in [0.29, 0.717) is 11.4 Å². The fourth-order valence-corrected chi connectivity index (χ4v) is 4.58. The Morgan fingerprint density at radius 1 is 1.19 bits per heavy atom. The van der Waals surface area contributed by atoms with Crippen molar-refractivity contribution in [1.82, 2.24) is 0 Å². The first-order chi connectivity index (χ1) is 12.3. The molecule has 0 bridgehead atoms. The maximum absolute atomic E-state index is 12.5. The number of carbonyl (C=O) groups excluding carboxylic acids is 2. The Bertz CT molecular complexity index is 971. The average molecular weight is 374 g/mol. The van der Waals surface area contributed by atoms with Gasteiger partial charge in [-0.05, 0) is 30.3 Å². The van der Waals surface area contributed by atoms with Gasteiger partial charge in [0.1, 0.15) is 5.75 Å². The first kappa shape index (κ1) is 17.9. The zero-order valence-electron chi connectivity index (χ0n) is 14.3. The van der Waals surface area contributed by atoms with Crippen molar-refractivity contribution in [3.8, 4) is 5.75 Å². The maximum atomic E-state index is 12.5. The Morgan fingerprint density at radius 3 is 2.58 bits per heavy atom. The van der Waals surface area contributed by atoms with Crippen LogP contribution < -0.4 is 14.4 Å². The summed E-state index contributed by atoms with van der Waals surface area (Å²) < 4.78 is 30.3. The number of anilines is 2. The van der Waals surface area contributed by atoms with Crippen molar-refractivity contribution < 1.29 is 22.7 Å². The summed E-state index contributed by atoms with van der Waals surface area (Å²) in [5.41, 5.74) is 0.948. The standard InChI is InChI=1S/C18H18N2O5S/c1-12-11-26(23,24)20(18(12)22)15-7-3-5-13(9-15)17(21)19-14-6-4-8-16(10-14)25-2/h3-10,12H,11H2,1-2H3,(H,19,21)/t12-/m0/s1. The van der Waals surface area contributed by atoms with Gasteiger partial charge in [-0.25, -0.2) is 12.7 Å². The molecule has 3 rings (SSSR count). The van der Waals surface area contributed by atoms with Gasteiger partial charge in [-0.15, -0.1) is 0 Å². The van der Waals surface area contributed by atoms with Crippen molar-refractivity contribution in [3.05, 3.63) is 54.1 Å². The third-order valence-corrected chi connectivity index (χ3v) is 5.90. The number of rotatable bonds is 4. The van der Waals surface area contributed by atoms with Crippen LogP contribution in [0, 0.1) is 5.92 Å². The monoisotopic (exact) mass is 374 g/mol. The molecule has 1 fully saturated rings. The largest absolute Gasteiger partial charge is 0.497 e. The first-order valence-electron chi connectivity index (χ1n) is 7.94.